The topological polar surface area (TPSA) is 105 Å². The highest BCUT2D eigenvalue weighted by atomic mass is 35.5. The van der Waals surface area contributed by atoms with E-state index < -0.39 is 24.1 Å². The number of nitrogens with one attached hydrogen (secondary N) is 1. The van der Waals surface area contributed by atoms with E-state index >= 15 is 0 Å². The van der Waals surface area contributed by atoms with Crippen LogP contribution < -0.4 is 11.1 Å². The van der Waals surface area contributed by atoms with Crippen molar-refractivity contribution < 1.29 is 19.4 Å². The number of unbranched alkanes of at least 4 members (excludes halogenated alkanes) is 1. The van der Waals surface area contributed by atoms with Gasteiger partial charge in [0.2, 0.25) is 5.91 Å². The molecule has 0 aromatic heterocycles. The fourth-order valence-electron chi connectivity index (χ4n) is 2.65. The van der Waals surface area contributed by atoms with Crippen molar-refractivity contribution in [1.82, 2.24) is 10.2 Å². The molecular weight excluding hydrogens is 322 g/mol. The number of aliphatic hydroxyl groups excluding tert-OH is 1. The summed E-state index contributed by atoms with van der Waals surface area (Å²) >= 11 is 0. The van der Waals surface area contributed by atoms with Gasteiger partial charge in [0.1, 0.15) is 12.1 Å². The van der Waals surface area contributed by atoms with Crippen molar-refractivity contribution in [3.05, 3.63) is 0 Å². The Labute approximate surface area is 144 Å². The Morgan fingerprint density at radius 2 is 2.17 bits per heavy atom. The maximum atomic E-state index is 12.4. The second kappa shape index (κ2) is 11.6. The number of hydrogen-bond acceptors (Lipinski definition) is 5. The summed E-state index contributed by atoms with van der Waals surface area (Å²) in [6, 6.07) is -1.09. The van der Waals surface area contributed by atoms with Crippen LogP contribution in [-0.4, -0.2) is 66.8 Å². The number of hydrogen-bond donors (Lipinski definition) is 3. The molecule has 1 saturated heterocycles. The van der Waals surface area contributed by atoms with Crippen molar-refractivity contribution in [2.75, 3.05) is 26.8 Å². The second-order valence-electron chi connectivity index (χ2n) is 5.72. The van der Waals surface area contributed by atoms with E-state index in [-0.39, 0.29) is 18.3 Å². The van der Waals surface area contributed by atoms with Crippen molar-refractivity contribution in [3.63, 3.8) is 0 Å². The fourth-order valence-corrected chi connectivity index (χ4v) is 2.65. The molecule has 3 atom stereocenters. The highest BCUT2D eigenvalue weighted by Gasteiger charge is 2.37. The average Bonchev–Trinajstić information content (AvgIpc) is 3.00. The van der Waals surface area contributed by atoms with E-state index in [9.17, 15) is 14.7 Å². The summed E-state index contributed by atoms with van der Waals surface area (Å²) < 4.78 is 4.88. The Kier molecular flexibility index (Phi) is 11.2. The Morgan fingerprint density at radius 1 is 1.48 bits per heavy atom. The molecule has 0 bridgehead atoms. The molecule has 7 nitrogen and oxygen atoms in total. The summed E-state index contributed by atoms with van der Waals surface area (Å²) in [4.78, 5) is 26.0. The molecule has 1 aliphatic heterocycles. The maximum Gasteiger partial charge on any atom is 0.253 e. The minimum atomic E-state index is -1.24. The second-order valence-corrected chi connectivity index (χ2v) is 5.72. The lowest BCUT2D eigenvalue weighted by atomic mass is 10.0. The predicted octanol–water partition coefficient (Wildman–Crippen LogP) is 0.0402. The van der Waals surface area contributed by atoms with Crippen molar-refractivity contribution >= 4 is 24.2 Å². The molecule has 1 fully saturated rings. The number of halogens is 1. The Morgan fingerprint density at radius 3 is 2.78 bits per heavy atom. The van der Waals surface area contributed by atoms with Gasteiger partial charge in [0.25, 0.3) is 5.91 Å². The minimum absolute atomic E-state index is 0. The maximum absolute atomic E-state index is 12.4. The Balaban J connectivity index is 0.00000484. The van der Waals surface area contributed by atoms with Gasteiger partial charge in [-0.1, -0.05) is 19.8 Å². The molecule has 2 unspecified atom stereocenters. The van der Waals surface area contributed by atoms with Crippen molar-refractivity contribution in [2.45, 2.75) is 57.2 Å². The number of aliphatic hydroxyl groups is 1. The van der Waals surface area contributed by atoms with Crippen LogP contribution in [0.15, 0.2) is 0 Å². The molecule has 4 N–H and O–H groups in total. The number of methoxy groups -OCH3 is 1. The van der Waals surface area contributed by atoms with Gasteiger partial charge in [-0.2, -0.15) is 0 Å². The van der Waals surface area contributed by atoms with E-state index in [0.717, 1.165) is 19.3 Å². The summed E-state index contributed by atoms with van der Waals surface area (Å²) in [6.07, 6.45) is 2.56. The highest BCUT2D eigenvalue weighted by Crippen LogP contribution is 2.19. The summed E-state index contributed by atoms with van der Waals surface area (Å²) in [6.45, 7) is 3.35. The van der Waals surface area contributed by atoms with Gasteiger partial charge in [0.05, 0.1) is 6.61 Å². The smallest absolute Gasteiger partial charge is 0.253 e. The molecule has 0 saturated carbocycles. The third-order valence-electron chi connectivity index (χ3n) is 3.99. The monoisotopic (exact) mass is 351 g/mol. The van der Waals surface area contributed by atoms with Gasteiger partial charge in [-0.15, -0.1) is 12.4 Å². The molecule has 136 valence electrons. The number of nitrogens with zero attached hydrogens (tertiary/aromatic N) is 1. The Bertz CT molecular complexity index is 371. The first-order chi connectivity index (χ1) is 10.5. The van der Waals surface area contributed by atoms with Gasteiger partial charge in [-0.05, 0) is 19.3 Å². The van der Waals surface area contributed by atoms with Crippen LogP contribution in [0.2, 0.25) is 0 Å². The lowest BCUT2D eigenvalue weighted by molar-refractivity contribution is -0.146. The minimum Gasteiger partial charge on any atom is -0.383 e. The number of likely N-dealkylation sites (tertiary alicyclic amines) is 1. The number of rotatable bonds is 9. The first-order valence-corrected chi connectivity index (χ1v) is 8.03. The summed E-state index contributed by atoms with van der Waals surface area (Å²) in [5.74, 6) is -0.634. The third kappa shape index (κ3) is 6.63. The molecular formula is C15H30ClN3O4. The molecule has 0 aromatic rings. The zero-order valence-electron chi connectivity index (χ0n) is 14.0. The van der Waals surface area contributed by atoms with Gasteiger partial charge in [0.15, 0.2) is 0 Å². The molecule has 0 aliphatic carbocycles. The Hall–Kier alpha value is -0.890. The number of carbonyl (C=O) groups is 2. The molecule has 1 rings (SSSR count). The average molecular weight is 352 g/mol. The normalized spacial score (nSPS) is 19.8. The first kappa shape index (κ1) is 22.1. The molecule has 23 heavy (non-hydrogen) atoms. The van der Waals surface area contributed by atoms with Crippen LogP contribution in [-0.2, 0) is 14.3 Å². The van der Waals surface area contributed by atoms with Crippen LogP contribution in [0.3, 0.4) is 0 Å². The van der Waals surface area contributed by atoms with Crippen LogP contribution in [0, 0.1) is 0 Å². The number of carbonyl (C=O) groups excluding carboxylic acids is 2. The van der Waals surface area contributed by atoms with Gasteiger partial charge in [-0.25, -0.2) is 0 Å². The fraction of sp³-hybridized carbons (Fsp3) is 0.867. The van der Waals surface area contributed by atoms with E-state index in [1.807, 2.05) is 6.92 Å². The number of ether oxygens (including phenoxy) is 1. The zero-order valence-corrected chi connectivity index (χ0v) is 14.8. The molecule has 0 aromatic carbocycles. The predicted molar refractivity (Wildman–Crippen MR) is 90.4 cm³/mol. The molecule has 1 aliphatic rings. The first-order valence-electron chi connectivity index (χ1n) is 8.03. The van der Waals surface area contributed by atoms with Gasteiger partial charge < -0.3 is 25.8 Å². The lowest BCUT2D eigenvalue weighted by Gasteiger charge is -2.28. The lowest BCUT2D eigenvalue weighted by Crippen LogP contribution is -2.53. The third-order valence-corrected chi connectivity index (χ3v) is 3.99. The van der Waals surface area contributed by atoms with Crippen molar-refractivity contribution in [3.8, 4) is 0 Å². The largest absolute Gasteiger partial charge is 0.383 e. The van der Waals surface area contributed by atoms with Crippen molar-refractivity contribution in [2.24, 2.45) is 5.73 Å². The standard InChI is InChI=1S/C15H29N3O4.ClH/c1-3-4-6-11(16)13(19)15(21)18-9-5-7-12(18)14(20)17-8-10-22-2;/h11-13,19H,3-10,16H2,1-2H3,(H,17,20);1H/t11?,12-,13?;/m0./s1. The van der Waals surface area contributed by atoms with Crippen LogP contribution in [0.4, 0.5) is 0 Å². The van der Waals surface area contributed by atoms with Gasteiger partial charge in [-0.3, -0.25) is 9.59 Å². The van der Waals surface area contributed by atoms with Crippen LogP contribution >= 0.6 is 12.4 Å². The summed E-state index contributed by atoms with van der Waals surface area (Å²) in [7, 11) is 1.56. The molecule has 8 heteroatoms. The van der Waals surface area contributed by atoms with E-state index in [1.165, 1.54) is 4.90 Å². The van der Waals surface area contributed by atoms with E-state index in [1.54, 1.807) is 7.11 Å². The van der Waals surface area contributed by atoms with Gasteiger partial charge >= 0.3 is 0 Å². The van der Waals surface area contributed by atoms with E-state index in [0.29, 0.717) is 32.5 Å². The zero-order chi connectivity index (χ0) is 16.5. The van der Waals surface area contributed by atoms with Crippen LogP contribution in [0.1, 0.15) is 39.0 Å². The number of amides is 2. The molecule has 1 heterocycles. The summed E-state index contributed by atoms with van der Waals surface area (Å²) in [5.41, 5.74) is 5.88. The van der Waals surface area contributed by atoms with E-state index in [4.69, 9.17) is 10.5 Å². The molecule has 0 spiro atoms. The van der Waals surface area contributed by atoms with Crippen LogP contribution in [0.5, 0.6) is 0 Å². The van der Waals surface area contributed by atoms with Crippen LogP contribution in [0.25, 0.3) is 0 Å². The molecule has 0 radical (unpaired) electrons. The van der Waals surface area contributed by atoms with Gasteiger partial charge in [0, 0.05) is 26.2 Å². The quantitative estimate of drug-likeness (QED) is 0.509. The summed E-state index contributed by atoms with van der Waals surface area (Å²) in [5, 5.41) is 12.9. The van der Waals surface area contributed by atoms with Crippen molar-refractivity contribution in [1.29, 1.82) is 0 Å². The van der Waals surface area contributed by atoms with E-state index in [2.05, 4.69) is 5.32 Å². The molecule has 2 amide bonds. The SMILES string of the molecule is CCCCC(N)C(O)C(=O)N1CCC[C@H]1C(=O)NCCOC.Cl. The number of nitrogens with two attached hydrogens (primary N) is 1. The highest BCUT2D eigenvalue weighted by molar-refractivity contribution is 5.90.